The van der Waals surface area contributed by atoms with Gasteiger partial charge in [0.25, 0.3) is 5.56 Å². The first-order chi connectivity index (χ1) is 14.0. The minimum atomic E-state index is -0.385. The lowest BCUT2D eigenvalue weighted by Crippen LogP contribution is -2.15. The Morgan fingerprint density at radius 3 is 2.79 bits per heavy atom. The van der Waals surface area contributed by atoms with Gasteiger partial charge in [-0.2, -0.15) is 5.10 Å². The van der Waals surface area contributed by atoms with Gasteiger partial charge in [-0.3, -0.25) is 9.59 Å². The van der Waals surface area contributed by atoms with Crippen LogP contribution in [0.5, 0.6) is 0 Å². The van der Waals surface area contributed by atoms with Crippen molar-refractivity contribution < 1.29 is 9.18 Å². The number of thioether (sulfide) groups is 1. The maximum Gasteiger partial charge on any atom is 0.262 e. The molecule has 0 saturated carbocycles. The molecule has 4 rings (SSSR count). The maximum atomic E-state index is 12.9. The van der Waals surface area contributed by atoms with Crippen molar-refractivity contribution in [3.63, 3.8) is 0 Å². The Morgan fingerprint density at radius 1 is 1.24 bits per heavy atom. The summed E-state index contributed by atoms with van der Waals surface area (Å²) in [5, 5.41) is 8.01. The minimum Gasteiger partial charge on any atom is -0.325 e. The van der Waals surface area contributed by atoms with Gasteiger partial charge in [0, 0.05) is 10.7 Å². The highest BCUT2D eigenvalue weighted by Gasteiger charge is 2.13. The molecule has 1 amide bonds. The first kappa shape index (κ1) is 19.2. The molecule has 0 spiro atoms. The summed E-state index contributed by atoms with van der Waals surface area (Å²) >= 11 is 7.11. The molecule has 7 nitrogen and oxygen atoms in total. The summed E-state index contributed by atoms with van der Waals surface area (Å²) in [5.74, 6) is -0.687. The van der Waals surface area contributed by atoms with E-state index in [1.54, 1.807) is 24.3 Å². The number of carbonyl (C=O) groups excluding carboxylic acids is 1. The first-order valence-corrected chi connectivity index (χ1v) is 9.78. The molecule has 2 N–H and O–H groups in total. The van der Waals surface area contributed by atoms with Crippen molar-refractivity contribution in [1.29, 1.82) is 0 Å². The predicted octanol–water partition coefficient (Wildman–Crippen LogP) is 3.63. The van der Waals surface area contributed by atoms with Crippen LogP contribution in [-0.4, -0.2) is 31.4 Å². The smallest absolute Gasteiger partial charge is 0.262 e. The molecule has 0 aliphatic rings. The van der Waals surface area contributed by atoms with Crippen LogP contribution in [0.1, 0.15) is 0 Å². The molecule has 0 atom stereocenters. The Kier molecular flexibility index (Phi) is 5.32. The van der Waals surface area contributed by atoms with Crippen molar-refractivity contribution in [3.8, 4) is 5.69 Å². The van der Waals surface area contributed by atoms with E-state index in [0.717, 1.165) is 11.8 Å². The number of carbonyl (C=O) groups is 1. The highest BCUT2D eigenvalue weighted by Crippen LogP contribution is 2.20. The van der Waals surface area contributed by atoms with Gasteiger partial charge in [0.2, 0.25) is 5.91 Å². The molecule has 2 heterocycles. The van der Waals surface area contributed by atoms with Crippen molar-refractivity contribution >= 4 is 46.0 Å². The number of halogens is 2. The number of rotatable bonds is 5. The van der Waals surface area contributed by atoms with E-state index in [4.69, 9.17) is 11.6 Å². The standard InChI is InChI=1S/C19H13ClFN5O2S/c20-11-2-1-3-14(8-11)26-17-15(9-22-26)18(28)25-19(24-17)29-10-16(27)23-13-6-4-12(21)5-7-13/h1-9H,10H2,(H,23,27)(H,24,25,28). The zero-order valence-electron chi connectivity index (χ0n) is 14.7. The fraction of sp³-hybridized carbons (Fsp3) is 0.0526. The van der Waals surface area contributed by atoms with Crippen LogP contribution in [0.25, 0.3) is 16.7 Å². The van der Waals surface area contributed by atoms with Gasteiger partial charge in [0.1, 0.15) is 11.2 Å². The molecular weight excluding hydrogens is 417 g/mol. The second kappa shape index (κ2) is 8.06. The van der Waals surface area contributed by atoms with Gasteiger partial charge >= 0.3 is 0 Å². The molecule has 0 unspecified atom stereocenters. The molecule has 4 aromatic rings. The van der Waals surface area contributed by atoms with E-state index in [1.165, 1.54) is 35.1 Å². The number of fused-ring (bicyclic) bond motifs is 1. The molecule has 0 bridgehead atoms. The van der Waals surface area contributed by atoms with Gasteiger partial charge in [0.15, 0.2) is 10.8 Å². The Hall–Kier alpha value is -3.17. The topological polar surface area (TPSA) is 92.7 Å². The SMILES string of the molecule is O=C(CSc1nc2c(cnn2-c2cccc(Cl)c2)c(=O)[nH]1)Nc1ccc(F)cc1. The van der Waals surface area contributed by atoms with Crippen LogP contribution in [0.2, 0.25) is 5.02 Å². The summed E-state index contributed by atoms with van der Waals surface area (Å²) in [6.45, 7) is 0. The zero-order valence-corrected chi connectivity index (χ0v) is 16.3. The number of benzene rings is 2. The predicted molar refractivity (Wildman–Crippen MR) is 110 cm³/mol. The number of aromatic amines is 1. The highest BCUT2D eigenvalue weighted by molar-refractivity contribution is 7.99. The lowest BCUT2D eigenvalue weighted by atomic mass is 10.3. The van der Waals surface area contributed by atoms with E-state index < -0.39 is 0 Å². The quantitative estimate of drug-likeness (QED) is 0.373. The summed E-state index contributed by atoms with van der Waals surface area (Å²) < 4.78 is 14.4. The average Bonchev–Trinajstić information content (AvgIpc) is 3.13. The number of nitrogens with zero attached hydrogens (tertiary/aromatic N) is 3. The molecular formula is C19H13ClFN5O2S. The van der Waals surface area contributed by atoms with E-state index >= 15 is 0 Å². The van der Waals surface area contributed by atoms with E-state index in [-0.39, 0.29) is 28.2 Å². The van der Waals surface area contributed by atoms with Crippen molar-refractivity contribution in [1.82, 2.24) is 19.7 Å². The number of aromatic nitrogens is 4. The van der Waals surface area contributed by atoms with Gasteiger partial charge in [-0.1, -0.05) is 29.4 Å². The summed E-state index contributed by atoms with van der Waals surface area (Å²) in [4.78, 5) is 31.5. The number of H-pyrrole nitrogens is 1. The molecule has 0 saturated heterocycles. The molecule has 2 aromatic heterocycles. The normalized spacial score (nSPS) is 11.0. The zero-order chi connectivity index (χ0) is 20.4. The molecule has 146 valence electrons. The number of hydrogen-bond donors (Lipinski definition) is 2. The fourth-order valence-electron chi connectivity index (χ4n) is 2.63. The third-order valence-electron chi connectivity index (χ3n) is 3.94. The Labute approximate surface area is 172 Å². The molecule has 29 heavy (non-hydrogen) atoms. The number of anilines is 1. The molecule has 0 radical (unpaired) electrons. The van der Waals surface area contributed by atoms with Gasteiger partial charge < -0.3 is 10.3 Å². The second-order valence-electron chi connectivity index (χ2n) is 5.99. The molecule has 0 aliphatic carbocycles. The van der Waals surface area contributed by atoms with Crippen LogP contribution in [0.15, 0.2) is 64.7 Å². The monoisotopic (exact) mass is 429 g/mol. The van der Waals surface area contributed by atoms with Crippen LogP contribution >= 0.6 is 23.4 Å². The molecule has 2 aromatic carbocycles. The van der Waals surface area contributed by atoms with Gasteiger partial charge in [-0.25, -0.2) is 14.1 Å². The summed E-state index contributed by atoms with van der Waals surface area (Å²) in [6.07, 6.45) is 1.43. The van der Waals surface area contributed by atoms with Crippen molar-refractivity contribution in [2.24, 2.45) is 0 Å². The fourth-order valence-corrected chi connectivity index (χ4v) is 3.47. The van der Waals surface area contributed by atoms with Crippen LogP contribution < -0.4 is 10.9 Å². The Morgan fingerprint density at radius 2 is 2.03 bits per heavy atom. The third kappa shape index (κ3) is 4.30. The minimum absolute atomic E-state index is 0.0110. The van der Waals surface area contributed by atoms with Crippen LogP contribution in [0.3, 0.4) is 0 Å². The van der Waals surface area contributed by atoms with Crippen LogP contribution in [0, 0.1) is 5.82 Å². The highest BCUT2D eigenvalue weighted by atomic mass is 35.5. The Bertz CT molecular complexity index is 1260. The van der Waals surface area contributed by atoms with E-state index in [9.17, 15) is 14.0 Å². The average molecular weight is 430 g/mol. The summed E-state index contributed by atoms with van der Waals surface area (Å²) in [5.41, 5.74) is 1.14. The third-order valence-corrected chi connectivity index (χ3v) is 5.05. The molecule has 0 fully saturated rings. The van der Waals surface area contributed by atoms with Gasteiger partial charge in [-0.05, 0) is 42.5 Å². The van der Waals surface area contributed by atoms with Gasteiger partial charge in [-0.15, -0.1) is 0 Å². The lowest BCUT2D eigenvalue weighted by molar-refractivity contribution is -0.113. The largest absolute Gasteiger partial charge is 0.325 e. The summed E-state index contributed by atoms with van der Waals surface area (Å²) in [7, 11) is 0. The Balaban J connectivity index is 1.55. The van der Waals surface area contributed by atoms with Crippen LogP contribution in [-0.2, 0) is 4.79 Å². The maximum absolute atomic E-state index is 12.9. The number of nitrogens with one attached hydrogen (secondary N) is 2. The van der Waals surface area contributed by atoms with Crippen molar-refractivity contribution in [3.05, 3.63) is 75.9 Å². The molecule has 0 aliphatic heterocycles. The lowest BCUT2D eigenvalue weighted by Gasteiger charge is -2.06. The van der Waals surface area contributed by atoms with E-state index in [0.29, 0.717) is 27.4 Å². The van der Waals surface area contributed by atoms with E-state index in [1.807, 2.05) is 0 Å². The number of hydrogen-bond acceptors (Lipinski definition) is 5. The van der Waals surface area contributed by atoms with Crippen LogP contribution in [0.4, 0.5) is 10.1 Å². The van der Waals surface area contributed by atoms with Crippen molar-refractivity contribution in [2.75, 3.05) is 11.1 Å². The van der Waals surface area contributed by atoms with Gasteiger partial charge in [0.05, 0.1) is 17.6 Å². The van der Waals surface area contributed by atoms with Crippen molar-refractivity contribution in [2.45, 2.75) is 5.16 Å². The number of amides is 1. The van der Waals surface area contributed by atoms with E-state index in [2.05, 4.69) is 20.4 Å². The first-order valence-electron chi connectivity index (χ1n) is 8.42. The second-order valence-corrected chi connectivity index (χ2v) is 7.39. The molecule has 10 heteroatoms. The summed E-state index contributed by atoms with van der Waals surface area (Å²) in [6, 6.07) is 12.5.